The number of carbonyl (C=O) groups is 1. The fourth-order valence-electron chi connectivity index (χ4n) is 3.17. The Morgan fingerprint density at radius 3 is 2.62 bits per heavy atom. The summed E-state index contributed by atoms with van der Waals surface area (Å²) in [4.78, 5) is 21.6. The lowest BCUT2D eigenvalue weighted by atomic mass is 10.1. The van der Waals surface area contributed by atoms with Gasteiger partial charge in [0.25, 0.3) is 0 Å². The highest BCUT2D eigenvalue weighted by Gasteiger charge is 2.21. The number of benzene rings is 2. The van der Waals surface area contributed by atoms with Crippen LogP contribution in [0.4, 0.5) is 5.13 Å². The lowest BCUT2D eigenvalue weighted by Crippen LogP contribution is -2.48. The molecule has 1 aliphatic heterocycles. The molecule has 0 amide bonds. The summed E-state index contributed by atoms with van der Waals surface area (Å²) in [5.41, 5.74) is 1.79. The Labute approximate surface area is 156 Å². The molecule has 6 heteroatoms. The van der Waals surface area contributed by atoms with Gasteiger partial charge >= 0.3 is 0 Å². The number of methoxy groups -OCH3 is 1. The molecule has 0 saturated carbocycles. The normalized spacial score (nSPS) is 15.3. The molecule has 0 spiro atoms. The van der Waals surface area contributed by atoms with Gasteiger partial charge in [-0.1, -0.05) is 41.7 Å². The molecule has 0 aliphatic carbocycles. The minimum absolute atomic E-state index is 0.186. The number of nitrogens with zero attached hydrogens (tertiary/aromatic N) is 3. The lowest BCUT2D eigenvalue weighted by Gasteiger charge is -2.34. The Kier molecular flexibility index (Phi) is 4.86. The largest absolute Gasteiger partial charge is 0.497 e. The predicted octanol–water partition coefficient (Wildman–Crippen LogP) is 3.31. The van der Waals surface area contributed by atoms with Crippen molar-refractivity contribution < 1.29 is 9.53 Å². The number of rotatable bonds is 5. The van der Waals surface area contributed by atoms with Gasteiger partial charge in [-0.05, 0) is 18.2 Å². The van der Waals surface area contributed by atoms with Crippen molar-refractivity contribution >= 4 is 32.5 Å². The van der Waals surface area contributed by atoms with E-state index in [2.05, 4.69) is 9.80 Å². The number of ether oxygens (including phenoxy) is 1. The molecule has 1 aromatic heterocycles. The van der Waals surface area contributed by atoms with Gasteiger partial charge in [0.1, 0.15) is 5.75 Å². The van der Waals surface area contributed by atoms with Crippen molar-refractivity contribution in [2.75, 3.05) is 44.7 Å². The van der Waals surface area contributed by atoms with Gasteiger partial charge in [-0.2, -0.15) is 0 Å². The van der Waals surface area contributed by atoms with E-state index in [1.807, 2.05) is 48.5 Å². The van der Waals surface area contributed by atoms with Crippen LogP contribution in [-0.2, 0) is 0 Å². The lowest BCUT2D eigenvalue weighted by molar-refractivity contribution is 0.0926. The number of carbonyl (C=O) groups excluding carboxylic acids is 1. The van der Waals surface area contributed by atoms with E-state index < -0.39 is 0 Å². The first kappa shape index (κ1) is 17.0. The second-order valence-corrected chi connectivity index (χ2v) is 7.39. The molecule has 0 unspecified atom stereocenters. The Hall–Kier alpha value is -2.44. The SMILES string of the molecule is COc1ccc2nc(N3CCN(CC(=O)c4ccccc4)CC3)sc2c1. The maximum atomic E-state index is 12.4. The van der Waals surface area contributed by atoms with Crippen molar-refractivity contribution in [2.45, 2.75) is 0 Å². The molecular formula is C20H21N3O2S. The van der Waals surface area contributed by atoms with Crippen molar-refractivity contribution in [3.8, 4) is 5.75 Å². The summed E-state index contributed by atoms with van der Waals surface area (Å²) in [7, 11) is 1.68. The van der Waals surface area contributed by atoms with Gasteiger partial charge in [0, 0.05) is 31.7 Å². The third-order valence-electron chi connectivity index (χ3n) is 4.69. The summed E-state index contributed by atoms with van der Waals surface area (Å²) in [5, 5.41) is 1.04. The van der Waals surface area contributed by atoms with E-state index in [0.717, 1.165) is 52.8 Å². The summed E-state index contributed by atoms with van der Waals surface area (Å²) in [6, 6.07) is 15.5. The molecule has 0 N–H and O–H groups in total. The standard InChI is InChI=1S/C20H21N3O2S/c1-25-16-7-8-17-19(13-16)26-20(21-17)23-11-9-22(10-12-23)14-18(24)15-5-3-2-4-6-15/h2-8,13H,9-12,14H2,1H3. The number of hydrogen-bond acceptors (Lipinski definition) is 6. The maximum absolute atomic E-state index is 12.4. The van der Waals surface area contributed by atoms with E-state index in [-0.39, 0.29) is 5.78 Å². The van der Waals surface area contributed by atoms with Crippen LogP contribution in [0.2, 0.25) is 0 Å². The topological polar surface area (TPSA) is 45.7 Å². The molecule has 1 fully saturated rings. The van der Waals surface area contributed by atoms with Gasteiger partial charge in [-0.3, -0.25) is 9.69 Å². The van der Waals surface area contributed by atoms with Crippen LogP contribution in [0.3, 0.4) is 0 Å². The van der Waals surface area contributed by atoms with Crippen LogP contribution < -0.4 is 9.64 Å². The van der Waals surface area contributed by atoms with Crippen molar-refractivity contribution in [3.63, 3.8) is 0 Å². The van der Waals surface area contributed by atoms with E-state index in [1.165, 1.54) is 0 Å². The van der Waals surface area contributed by atoms with Gasteiger partial charge in [0.05, 0.1) is 23.9 Å². The number of thiazole rings is 1. The highest BCUT2D eigenvalue weighted by molar-refractivity contribution is 7.22. The number of piperazine rings is 1. The highest BCUT2D eigenvalue weighted by atomic mass is 32.1. The molecule has 134 valence electrons. The first-order valence-electron chi connectivity index (χ1n) is 8.73. The highest BCUT2D eigenvalue weighted by Crippen LogP contribution is 2.31. The number of aromatic nitrogens is 1. The first-order chi connectivity index (χ1) is 12.7. The first-order valence-corrected chi connectivity index (χ1v) is 9.55. The molecule has 2 aromatic carbocycles. The van der Waals surface area contributed by atoms with Gasteiger partial charge in [0.2, 0.25) is 0 Å². The minimum Gasteiger partial charge on any atom is -0.497 e. The van der Waals surface area contributed by atoms with Crippen LogP contribution >= 0.6 is 11.3 Å². The number of Topliss-reactive ketones (excluding diaryl/α,β-unsaturated/α-hetero) is 1. The Bertz CT molecular complexity index is 902. The van der Waals surface area contributed by atoms with Crippen LogP contribution in [-0.4, -0.2) is 55.5 Å². The number of hydrogen-bond donors (Lipinski definition) is 0. The molecule has 1 aliphatic rings. The molecular weight excluding hydrogens is 346 g/mol. The second-order valence-electron chi connectivity index (χ2n) is 6.38. The zero-order valence-corrected chi connectivity index (χ0v) is 15.5. The average molecular weight is 367 g/mol. The van der Waals surface area contributed by atoms with Gasteiger partial charge in [-0.15, -0.1) is 0 Å². The van der Waals surface area contributed by atoms with Crippen LogP contribution in [0, 0.1) is 0 Å². The van der Waals surface area contributed by atoms with Crippen LogP contribution in [0.5, 0.6) is 5.75 Å². The summed E-state index contributed by atoms with van der Waals surface area (Å²) in [5.74, 6) is 1.04. The van der Waals surface area contributed by atoms with Crippen molar-refractivity contribution in [1.29, 1.82) is 0 Å². The zero-order valence-electron chi connectivity index (χ0n) is 14.7. The van der Waals surface area contributed by atoms with E-state index in [4.69, 9.17) is 9.72 Å². The third-order valence-corrected chi connectivity index (χ3v) is 5.77. The Balaban J connectivity index is 1.38. The van der Waals surface area contributed by atoms with Crippen LogP contribution in [0.1, 0.15) is 10.4 Å². The molecule has 0 bridgehead atoms. The van der Waals surface area contributed by atoms with E-state index >= 15 is 0 Å². The van der Waals surface area contributed by atoms with Crippen LogP contribution in [0.25, 0.3) is 10.2 Å². The molecule has 1 saturated heterocycles. The third kappa shape index (κ3) is 3.57. The maximum Gasteiger partial charge on any atom is 0.186 e. The Morgan fingerprint density at radius 2 is 1.88 bits per heavy atom. The number of fused-ring (bicyclic) bond motifs is 1. The quantitative estimate of drug-likeness (QED) is 0.648. The Morgan fingerprint density at radius 1 is 1.12 bits per heavy atom. The molecule has 0 radical (unpaired) electrons. The van der Waals surface area contributed by atoms with Gasteiger partial charge in [0.15, 0.2) is 10.9 Å². The van der Waals surface area contributed by atoms with Crippen LogP contribution in [0.15, 0.2) is 48.5 Å². The summed E-state index contributed by atoms with van der Waals surface area (Å²) < 4.78 is 6.43. The summed E-state index contributed by atoms with van der Waals surface area (Å²) in [6.07, 6.45) is 0. The van der Waals surface area contributed by atoms with Crippen molar-refractivity contribution in [3.05, 3.63) is 54.1 Å². The molecule has 5 nitrogen and oxygen atoms in total. The predicted molar refractivity (Wildman–Crippen MR) is 106 cm³/mol. The zero-order chi connectivity index (χ0) is 17.9. The fourth-order valence-corrected chi connectivity index (χ4v) is 4.22. The molecule has 2 heterocycles. The van der Waals surface area contributed by atoms with Crippen molar-refractivity contribution in [1.82, 2.24) is 9.88 Å². The molecule has 0 atom stereocenters. The summed E-state index contributed by atoms with van der Waals surface area (Å²) in [6.45, 7) is 4.00. The fraction of sp³-hybridized carbons (Fsp3) is 0.300. The average Bonchev–Trinajstić information content (AvgIpc) is 3.12. The molecule has 3 aromatic rings. The minimum atomic E-state index is 0.186. The number of anilines is 1. The van der Waals surface area contributed by atoms with E-state index in [0.29, 0.717) is 6.54 Å². The number of ketones is 1. The van der Waals surface area contributed by atoms with Gasteiger partial charge < -0.3 is 9.64 Å². The van der Waals surface area contributed by atoms with E-state index in [1.54, 1.807) is 18.4 Å². The van der Waals surface area contributed by atoms with Crippen molar-refractivity contribution in [2.24, 2.45) is 0 Å². The summed E-state index contributed by atoms with van der Waals surface area (Å²) >= 11 is 1.69. The monoisotopic (exact) mass is 367 g/mol. The van der Waals surface area contributed by atoms with E-state index in [9.17, 15) is 4.79 Å². The second kappa shape index (κ2) is 7.43. The molecule has 26 heavy (non-hydrogen) atoms. The smallest absolute Gasteiger partial charge is 0.186 e. The molecule has 4 rings (SSSR count). The van der Waals surface area contributed by atoms with Gasteiger partial charge in [-0.25, -0.2) is 4.98 Å².